The van der Waals surface area contributed by atoms with Crippen LogP contribution in [0.5, 0.6) is 0 Å². The first-order valence-electron chi connectivity index (χ1n) is 11.0. The van der Waals surface area contributed by atoms with Gasteiger partial charge >= 0.3 is 5.97 Å². The second-order valence-corrected chi connectivity index (χ2v) is 9.80. The number of rotatable bonds is 8. The second kappa shape index (κ2) is 10.4. The molecular formula is C25H29Cl2NO5. The Hall–Kier alpha value is -2.12. The molecule has 0 radical (unpaired) electrons. The van der Waals surface area contributed by atoms with Gasteiger partial charge < -0.3 is 20.2 Å². The van der Waals surface area contributed by atoms with Crippen molar-refractivity contribution in [3.8, 4) is 0 Å². The topological polar surface area (TPSA) is 98.1 Å². The zero-order valence-corrected chi connectivity index (χ0v) is 20.1. The molecule has 0 bridgehead atoms. The van der Waals surface area contributed by atoms with Crippen molar-refractivity contribution in [1.29, 1.82) is 0 Å². The monoisotopic (exact) mass is 493 g/mol. The minimum atomic E-state index is -1.20. The van der Waals surface area contributed by atoms with E-state index in [1.165, 1.54) is 0 Å². The third-order valence-electron chi connectivity index (χ3n) is 6.54. The van der Waals surface area contributed by atoms with Crippen LogP contribution in [0.15, 0.2) is 48.5 Å². The van der Waals surface area contributed by atoms with Crippen molar-refractivity contribution < 1.29 is 24.9 Å². The number of aliphatic hydroxyl groups is 2. The van der Waals surface area contributed by atoms with E-state index >= 15 is 0 Å². The predicted molar refractivity (Wildman–Crippen MR) is 127 cm³/mol. The molecule has 1 fully saturated rings. The number of carbonyl (C=O) groups excluding carboxylic acids is 1. The standard InChI is InChI=1S/C25H29Cl2NO5/c1-3-20(21(30)14-29)28-23(15-7-9-17(26)10-8-15)19(16-5-4-6-18(27)11-16)12-25(2,24(28)33)13-22(31)32/h4-11,19-21,23,29-30H,3,12-14H2,1-2H3,(H,31,32). The quantitative estimate of drug-likeness (QED) is 0.496. The fraction of sp³-hybridized carbons (Fsp3) is 0.440. The maximum Gasteiger partial charge on any atom is 0.304 e. The smallest absolute Gasteiger partial charge is 0.304 e. The minimum Gasteiger partial charge on any atom is -0.481 e. The molecule has 33 heavy (non-hydrogen) atoms. The molecule has 3 N–H and O–H groups in total. The number of piperidine rings is 1. The van der Waals surface area contributed by atoms with Crippen molar-refractivity contribution in [2.45, 2.75) is 57.2 Å². The number of amides is 1. The largest absolute Gasteiger partial charge is 0.481 e. The van der Waals surface area contributed by atoms with Crippen molar-refractivity contribution in [3.63, 3.8) is 0 Å². The number of benzene rings is 2. The Labute approximate surface area is 203 Å². The Balaban J connectivity index is 2.25. The summed E-state index contributed by atoms with van der Waals surface area (Å²) >= 11 is 12.4. The van der Waals surface area contributed by atoms with Gasteiger partial charge in [0.25, 0.3) is 0 Å². The molecule has 0 spiro atoms. The van der Waals surface area contributed by atoms with Gasteiger partial charge in [-0.05, 0) is 48.2 Å². The van der Waals surface area contributed by atoms with Crippen LogP contribution in [0.25, 0.3) is 0 Å². The van der Waals surface area contributed by atoms with E-state index in [-0.39, 0.29) is 24.7 Å². The van der Waals surface area contributed by atoms with Crippen LogP contribution in [0.1, 0.15) is 56.2 Å². The Kier molecular flexibility index (Phi) is 8.06. The van der Waals surface area contributed by atoms with Crippen molar-refractivity contribution in [2.24, 2.45) is 5.41 Å². The summed E-state index contributed by atoms with van der Waals surface area (Å²) in [6.45, 7) is 2.96. The first-order chi connectivity index (χ1) is 15.6. The van der Waals surface area contributed by atoms with E-state index in [4.69, 9.17) is 23.2 Å². The van der Waals surface area contributed by atoms with E-state index in [1.807, 2.05) is 37.3 Å². The number of aliphatic carboxylic acids is 1. The number of halogens is 2. The highest BCUT2D eigenvalue weighted by Crippen LogP contribution is 2.52. The lowest BCUT2D eigenvalue weighted by molar-refractivity contribution is -0.164. The van der Waals surface area contributed by atoms with Crippen molar-refractivity contribution in [2.75, 3.05) is 6.61 Å². The van der Waals surface area contributed by atoms with Crippen molar-refractivity contribution in [3.05, 3.63) is 69.7 Å². The molecule has 1 heterocycles. The number of carboxylic acids is 1. The number of likely N-dealkylation sites (tertiary alicyclic amines) is 1. The van der Waals surface area contributed by atoms with Gasteiger partial charge in [-0.25, -0.2) is 0 Å². The molecule has 178 valence electrons. The highest BCUT2D eigenvalue weighted by atomic mass is 35.5. The number of hydrogen-bond acceptors (Lipinski definition) is 4. The average Bonchev–Trinajstić information content (AvgIpc) is 2.77. The van der Waals surface area contributed by atoms with E-state index in [0.717, 1.165) is 11.1 Å². The molecule has 0 aromatic heterocycles. The molecule has 5 atom stereocenters. The second-order valence-electron chi connectivity index (χ2n) is 8.93. The lowest BCUT2D eigenvalue weighted by Gasteiger charge is -2.52. The van der Waals surface area contributed by atoms with Crippen molar-refractivity contribution >= 4 is 35.1 Å². The number of carbonyl (C=O) groups is 2. The summed E-state index contributed by atoms with van der Waals surface area (Å²) in [5.74, 6) is -1.73. The van der Waals surface area contributed by atoms with E-state index in [1.54, 1.807) is 30.0 Å². The summed E-state index contributed by atoms with van der Waals surface area (Å²) in [7, 11) is 0. The highest BCUT2D eigenvalue weighted by molar-refractivity contribution is 6.30. The maximum atomic E-state index is 13.9. The van der Waals surface area contributed by atoms with Gasteiger partial charge in [-0.15, -0.1) is 0 Å². The normalized spacial score (nSPS) is 25.0. The minimum absolute atomic E-state index is 0.286. The summed E-state index contributed by atoms with van der Waals surface area (Å²) in [5, 5.41) is 31.1. The van der Waals surface area contributed by atoms with Crippen LogP contribution >= 0.6 is 23.2 Å². The molecule has 8 heteroatoms. The van der Waals surface area contributed by atoms with Crippen LogP contribution in [0.3, 0.4) is 0 Å². The zero-order valence-electron chi connectivity index (χ0n) is 18.6. The van der Waals surface area contributed by atoms with Gasteiger partial charge in [-0.3, -0.25) is 9.59 Å². The van der Waals surface area contributed by atoms with Crippen LogP contribution in [0.2, 0.25) is 10.0 Å². The van der Waals surface area contributed by atoms with E-state index in [0.29, 0.717) is 16.5 Å². The SMILES string of the molecule is CCC(C(O)CO)N1C(=O)C(C)(CC(=O)O)CC(c2cccc(Cl)c2)C1c1ccc(Cl)cc1. The molecular weight excluding hydrogens is 465 g/mol. The van der Waals surface area contributed by atoms with Crippen LogP contribution in [0, 0.1) is 5.41 Å². The number of aliphatic hydroxyl groups excluding tert-OH is 2. The van der Waals surface area contributed by atoms with Crippen molar-refractivity contribution in [1.82, 2.24) is 4.90 Å². The average molecular weight is 494 g/mol. The summed E-state index contributed by atoms with van der Waals surface area (Å²) in [4.78, 5) is 27.2. The maximum absolute atomic E-state index is 13.9. The molecule has 6 nitrogen and oxygen atoms in total. The lowest BCUT2D eigenvalue weighted by atomic mass is 9.67. The fourth-order valence-electron chi connectivity index (χ4n) is 5.02. The Morgan fingerprint density at radius 1 is 1.15 bits per heavy atom. The molecule has 1 saturated heterocycles. The third kappa shape index (κ3) is 5.35. The molecule has 1 aliphatic rings. The van der Waals surface area contributed by atoms with Crippen LogP contribution in [-0.2, 0) is 9.59 Å². The van der Waals surface area contributed by atoms with Gasteiger partial charge in [-0.1, -0.05) is 61.3 Å². The molecule has 3 rings (SSSR count). The summed E-state index contributed by atoms with van der Waals surface area (Å²) in [6.07, 6.45) is -0.865. The Morgan fingerprint density at radius 2 is 1.82 bits per heavy atom. The van der Waals surface area contributed by atoms with E-state index in [9.17, 15) is 24.9 Å². The fourth-order valence-corrected chi connectivity index (χ4v) is 5.35. The summed E-state index contributed by atoms with van der Waals surface area (Å²) in [5.41, 5.74) is 0.466. The van der Waals surface area contributed by atoms with Crippen LogP contribution in [-0.4, -0.2) is 50.8 Å². The van der Waals surface area contributed by atoms with Crippen LogP contribution in [0.4, 0.5) is 0 Å². The predicted octanol–water partition coefficient (Wildman–Crippen LogP) is 4.66. The van der Waals surface area contributed by atoms with E-state index < -0.39 is 36.2 Å². The van der Waals surface area contributed by atoms with Gasteiger partial charge in [0.1, 0.15) is 0 Å². The zero-order chi connectivity index (χ0) is 24.3. The molecule has 0 saturated carbocycles. The summed E-state index contributed by atoms with van der Waals surface area (Å²) in [6, 6.07) is 13.3. The first kappa shape index (κ1) is 25.5. The van der Waals surface area contributed by atoms with Gasteiger partial charge in [0.05, 0.1) is 36.6 Å². The number of carboxylic acid groups (broad SMARTS) is 1. The molecule has 2 aromatic rings. The third-order valence-corrected chi connectivity index (χ3v) is 7.03. The van der Waals surface area contributed by atoms with Crippen LogP contribution < -0.4 is 0 Å². The Morgan fingerprint density at radius 3 is 2.36 bits per heavy atom. The molecule has 0 aliphatic carbocycles. The molecule has 1 amide bonds. The van der Waals surface area contributed by atoms with Gasteiger partial charge in [0.2, 0.25) is 5.91 Å². The number of nitrogens with zero attached hydrogens (tertiary/aromatic N) is 1. The first-order valence-corrected chi connectivity index (χ1v) is 11.7. The van der Waals surface area contributed by atoms with E-state index in [2.05, 4.69) is 0 Å². The molecule has 1 aliphatic heterocycles. The molecule has 2 aromatic carbocycles. The molecule has 5 unspecified atom stereocenters. The van der Waals surface area contributed by atoms with Gasteiger partial charge in [0, 0.05) is 16.0 Å². The lowest BCUT2D eigenvalue weighted by Crippen LogP contribution is -2.59. The van der Waals surface area contributed by atoms with Gasteiger partial charge in [-0.2, -0.15) is 0 Å². The number of hydrogen-bond donors (Lipinski definition) is 3. The van der Waals surface area contributed by atoms with Gasteiger partial charge in [0.15, 0.2) is 0 Å². The summed E-state index contributed by atoms with van der Waals surface area (Å²) < 4.78 is 0. The highest BCUT2D eigenvalue weighted by Gasteiger charge is 2.53. The Bertz CT molecular complexity index is 999.